The summed E-state index contributed by atoms with van der Waals surface area (Å²) in [5.41, 5.74) is 8.41. The Morgan fingerprint density at radius 3 is 2.73 bits per heavy atom. The molecule has 13 heteroatoms. The van der Waals surface area contributed by atoms with Crippen LogP contribution in [-0.2, 0) is 20.0 Å². The molecule has 0 aromatic carbocycles. The molecule has 1 aliphatic heterocycles. The number of carbonyl (C=O) groups is 1. The lowest BCUT2D eigenvalue weighted by atomic mass is 10.0. The smallest absolute Gasteiger partial charge is 0.323 e. The lowest BCUT2D eigenvalue weighted by Crippen LogP contribution is -2.46. The molecule has 0 spiro atoms. The zero-order chi connectivity index (χ0) is 22.4. The molecule has 6 N–H and O–H groups in total. The summed E-state index contributed by atoms with van der Waals surface area (Å²) in [6, 6.07) is -1.05. The molecule has 1 aliphatic rings. The van der Waals surface area contributed by atoms with Gasteiger partial charge in [-0.05, 0) is 11.8 Å². The standard InChI is InChI=1S/C17H20F2N6O5/c1-4-17(25-6-22-9-12(21)23-15(18)24-13(9)25)11(27)10(26)16(19,30-17)5-29-14(28)8(20)7(2)3/h1,6-8,10-11,26-27H,5,20H2,2-3H3,(H2,21,23,24)/t8-,10-,11+,16+,17+/m0/s1. The molecular formula is C17H20F2N6O5. The van der Waals surface area contributed by atoms with Gasteiger partial charge in [-0.1, -0.05) is 13.8 Å². The van der Waals surface area contributed by atoms with Crippen LogP contribution in [0.2, 0.25) is 0 Å². The normalized spacial score (nSPS) is 29.8. The van der Waals surface area contributed by atoms with Gasteiger partial charge < -0.3 is 26.4 Å². The lowest BCUT2D eigenvalue weighted by Gasteiger charge is -2.28. The molecule has 162 valence electrons. The summed E-state index contributed by atoms with van der Waals surface area (Å²) in [6.07, 6.45) is 0.892. The molecule has 2 aromatic heterocycles. The second-order valence-corrected chi connectivity index (χ2v) is 7.16. The van der Waals surface area contributed by atoms with E-state index in [4.69, 9.17) is 27.4 Å². The predicted molar refractivity (Wildman–Crippen MR) is 97.2 cm³/mol. The number of imidazole rings is 1. The zero-order valence-electron chi connectivity index (χ0n) is 16.0. The van der Waals surface area contributed by atoms with Crippen LogP contribution < -0.4 is 11.5 Å². The third-order valence-corrected chi connectivity index (χ3v) is 4.83. The van der Waals surface area contributed by atoms with E-state index in [1.54, 1.807) is 13.8 Å². The molecule has 1 saturated heterocycles. The molecular weight excluding hydrogens is 406 g/mol. The van der Waals surface area contributed by atoms with Crippen LogP contribution in [-0.4, -0.2) is 66.4 Å². The fraction of sp³-hybridized carbons (Fsp3) is 0.529. The largest absolute Gasteiger partial charge is 0.458 e. The molecule has 5 atom stereocenters. The molecule has 1 fully saturated rings. The maximum Gasteiger partial charge on any atom is 0.323 e. The summed E-state index contributed by atoms with van der Waals surface area (Å²) in [6.45, 7) is 2.19. The molecule has 0 radical (unpaired) electrons. The number of terminal acetylenes is 1. The number of carbonyl (C=O) groups excluding carboxylic acids is 1. The minimum atomic E-state index is -3.12. The van der Waals surface area contributed by atoms with Crippen LogP contribution in [0.5, 0.6) is 0 Å². The highest BCUT2D eigenvalue weighted by Crippen LogP contribution is 2.44. The van der Waals surface area contributed by atoms with Gasteiger partial charge in [0, 0.05) is 0 Å². The van der Waals surface area contributed by atoms with E-state index >= 15 is 4.39 Å². The number of ether oxygens (including phenoxy) is 2. The maximum absolute atomic E-state index is 15.4. The number of anilines is 1. The minimum Gasteiger partial charge on any atom is -0.458 e. The molecule has 3 heterocycles. The average molecular weight is 426 g/mol. The fourth-order valence-electron chi connectivity index (χ4n) is 3.00. The van der Waals surface area contributed by atoms with Gasteiger partial charge in [-0.2, -0.15) is 14.4 Å². The molecule has 0 saturated carbocycles. The van der Waals surface area contributed by atoms with E-state index in [1.165, 1.54) is 0 Å². The molecule has 30 heavy (non-hydrogen) atoms. The van der Waals surface area contributed by atoms with Gasteiger partial charge in [-0.3, -0.25) is 14.1 Å². The highest BCUT2D eigenvalue weighted by molar-refractivity contribution is 5.81. The molecule has 3 rings (SSSR count). The highest BCUT2D eigenvalue weighted by Gasteiger charge is 2.65. The zero-order valence-corrected chi connectivity index (χ0v) is 16.0. The number of esters is 1. The van der Waals surface area contributed by atoms with Crippen molar-refractivity contribution in [1.29, 1.82) is 0 Å². The summed E-state index contributed by atoms with van der Waals surface area (Å²) >= 11 is 0. The number of alkyl halides is 1. The summed E-state index contributed by atoms with van der Waals surface area (Å²) in [7, 11) is 0. The van der Waals surface area contributed by atoms with Crippen molar-refractivity contribution in [2.45, 2.75) is 43.7 Å². The first kappa shape index (κ1) is 21.8. The third kappa shape index (κ3) is 3.23. The van der Waals surface area contributed by atoms with Crippen LogP contribution in [0.3, 0.4) is 0 Å². The summed E-state index contributed by atoms with van der Waals surface area (Å²) in [5, 5.41) is 20.8. The number of halogens is 2. The van der Waals surface area contributed by atoms with Crippen molar-refractivity contribution in [3.63, 3.8) is 0 Å². The van der Waals surface area contributed by atoms with E-state index < -0.39 is 48.5 Å². The second-order valence-electron chi connectivity index (χ2n) is 7.16. The van der Waals surface area contributed by atoms with Crippen LogP contribution >= 0.6 is 0 Å². The Labute approximate surface area is 169 Å². The molecule has 0 unspecified atom stereocenters. The number of nitrogens with zero attached hydrogens (tertiary/aromatic N) is 4. The monoisotopic (exact) mass is 426 g/mol. The Morgan fingerprint density at radius 1 is 1.47 bits per heavy atom. The second kappa shape index (κ2) is 7.40. The van der Waals surface area contributed by atoms with Gasteiger partial charge in [0.15, 0.2) is 23.6 Å². The molecule has 2 aromatic rings. The van der Waals surface area contributed by atoms with Gasteiger partial charge in [0.2, 0.25) is 5.72 Å². The van der Waals surface area contributed by atoms with E-state index in [2.05, 4.69) is 15.0 Å². The Morgan fingerprint density at radius 2 is 2.13 bits per heavy atom. The van der Waals surface area contributed by atoms with Crippen LogP contribution in [0.25, 0.3) is 11.2 Å². The molecule has 11 nitrogen and oxygen atoms in total. The summed E-state index contributed by atoms with van der Waals surface area (Å²) < 4.78 is 39.9. The van der Waals surface area contributed by atoms with Crippen molar-refractivity contribution in [1.82, 2.24) is 19.5 Å². The highest BCUT2D eigenvalue weighted by atomic mass is 19.2. The number of nitrogen functional groups attached to an aromatic ring is 1. The SMILES string of the molecule is C#C[C@@]1(n2cnc3c(N)nc(F)nc32)O[C@](F)(COC(=O)[C@@H](N)C(C)C)[C@@H](O)[C@H]1O. The van der Waals surface area contributed by atoms with Crippen molar-refractivity contribution < 1.29 is 33.3 Å². The Bertz CT molecular complexity index is 1030. The topological polar surface area (TPSA) is 172 Å². The van der Waals surface area contributed by atoms with E-state index in [0.29, 0.717) is 0 Å². The van der Waals surface area contributed by atoms with Crippen LogP contribution in [0, 0.1) is 24.3 Å². The van der Waals surface area contributed by atoms with Crippen LogP contribution in [0.4, 0.5) is 14.6 Å². The third-order valence-electron chi connectivity index (χ3n) is 4.83. The van der Waals surface area contributed by atoms with Crippen molar-refractivity contribution >= 4 is 23.0 Å². The first-order valence-corrected chi connectivity index (χ1v) is 8.78. The maximum atomic E-state index is 15.4. The minimum absolute atomic E-state index is 0.0954. The first-order valence-electron chi connectivity index (χ1n) is 8.78. The van der Waals surface area contributed by atoms with Crippen molar-refractivity contribution in [2.24, 2.45) is 11.7 Å². The average Bonchev–Trinajstić information content (AvgIpc) is 3.20. The van der Waals surface area contributed by atoms with Crippen molar-refractivity contribution in [3.05, 3.63) is 12.4 Å². The number of aliphatic hydroxyl groups excluding tert-OH is 2. The molecule has 0 amide bonds. The van der Waals surface area contributed by atoms with Crippen molar-refractivity contribution in [3.8, 4) is 12.3 Å². The van der Waals surface area contributed by atoms with E-state index in [-0.39, 0.29) is 22.9 Å². The number of fused-ring (bicyclic) bond motifs is 1. The molecule has 0 bridgehead atoms. The number of aromatic nitrogens is 4. The fourth-order valence-corrected chi connectivity index (χ4v) is 3.00. The number of nitrogens with two attached hydrogens (primary N) is 2. The van der Waals surface area contributed by atoms with Gasteiger partial charge in [-0.15, -0.1) is 6.42 Å². The number of hydrogen-bond donors (Lipinski definition) is 4. The van der Waals surface area contributed by atoms with Crippen molar-refractivity contribution in [2.75, 3.05) is 12.3 Å². The van der Waals surface area contributed by atoms with E-state index in [0.717, 1.165) is 10.9 Å². The Hall–Kier alpha value is -2.92. The van der Waals surface area contributed by atoms with Crippen LogP contribution in [0.1, 0.15) is 13.8 Å². The number of rotatable bonds is 5. The summed E-state index contributed by atoms with van der Waals surface area (Å²) in [5.74, 6) is -2.66. The van der Waals surface area contributed by atoms with E-state index in [1.807, 2.05) is 5.92 Å². The van der Waals surface area contributed by atoms with Gasteiger partial charge in [0.05, 0.1) is 0 Å². The van der Waals surface area contributed by atoms with E-state index in [9.17, 15) is 19.4 Å². The Kier molecular flexibility index (Phi) is 5.37. The first-order chi connectivity index (χ1) is 14.0. The summed E-state index contributed by atoms with van der Waals surface area (Å²) in [4.78, 5) is 22.6. The molecule has 0 aliphatic carbocycles. The van der Waals surface area contributed by atoms with Gasteiger partial charge in [0.1, 0.15) is 24.6 Å². The quantitative estimate of drug-likeness (QED) is 0.258. The number of aliphatic hydroxyl groups is 2. The predicted octanol–water partition coefficient (Wildman–Crippen LogP) is -1.22. The number of hydrogen-bond acceptors (Lipinski definition) is 10. The van der Waals surface area contributed by atoms with Gasteiger partial charge in [0.25, 0.3) is 5.85 Å². The van der Waals surface area contributed by atoms with Gasteiger partial charge >= 0.3 is 12.0 Å². The van der Waals surface area contributed by atoms with Gasteiger partial charge in [-0.25, -0.2) is 9.37 Å². The Balaban J connectivity index is 1.98. The van der Waals surface area contributed by atoms with Crippen LogP contribution in [0.15, 0.2) is 6.33 Å². The lowest BCUT2D eigenvalue weighted by molar-refractivity contribution is -0.232.